The number of hydrogen-bond acceptors (Lipinski definition) is 2. The van der Waals surface area contributed by atoms with Crippen LogP contribution in [0.15, 0.2) is 0 Å². The molecule has 4 heteroatoms. The van der Waals surface area contributed by atoms with Crippen molar-refractivity contribution in [2.75, 3.05) is 13.1 Å². The van der Waals surface area contributed by atoms with Crippen LogP contribution in [0, 0.1) is 0 Å². The Morgan fingerprint density at radius 1 is 1.67 bits per heavy atom. The Balaban J connectivity index is 2.41. The Labute approximate surface area is 91.6 Å². The summed E-state index contributed by atoms with van der Waals surface area (Å²) in [5.41, 5.74) is 0. The number of amides is 2. The van der Waals surface area contributed by atoms with Gasteiger partial charge in [0.1, 0.15) is 0 Å². The molecule has 1 rings (SSSR count). The molecule has 1 fully saturated rings. The van der Waals surface area contributed by atoms with E-state index >= 15 is 0 Å². The molecule has 0 spiro atoms. The van der Waals surface area contributed by atoms with E-state index in [1.807, 2.05) is 11.8 Å². The Morgan fingerprint density at radius 2 is 2.40 bits per heavy atom. The first-order chi connectivity index (χ1) is 7.15. The van der Waals surface area contributed by atoms with Crippen LogP contribution >= 0.6 is 0 Å². The Bertz CT molecular complexity index is 207. The number of rotatable bonds is 4. The molecule has 2 N–H and O–H groups in total. The average Bonchev–Trinajstić information content (AvgIpc) is 2.61. The summed E-state index contributed by atoms with van der Waals surface area (Å²) in [6.45, 7) is 5.38. The van der Waals surface area contributed by atoms with Crippen molar-refractivity contribution >= 4 is 6.03 Å². The molecule has 0 aromatic rings. The quantitative estimate of drug-likeness (QED) is 0.742. The predicted octanol–water partition coefficient (Wildman–Crippen LogP) is 1.34. The number of hydrogen-bond donors (Lipinski definition) is 2. The lowest BCUT2D eigenvalue weighted by molar-refractivity contribution is 0.138. The molecule has 1 aliphatic heterocycles. The highest BCUT2D eigenvalue weighted by Gasteiger charge is 2.28. The molecule has 4 nitrogen and oxygen atoms in total. The van der Waals surface area contributed by atoms with Crippen molar-refractivity contribution in [3.63, 3.8) is 0 Å². The van der Waals surface area contributed by atoms with Gasteiger partial charge < -0.3 is 15.3 Å². The number of nitrogens with zero attached hydrogens (tertiary/aromatic N) is 1. The molecule has 0 aromatic carbocycles. The van der Waals surface area contributed by atoms with Crippen LogP contribution in [0.2, 0.25) is 0 Å². The fourth-order valence-electron chi connectivity index (χ4n) is 2.08. The van der Waals surface area contributed by atoms with Crippen molar-refractivity contribution < 1.29 is 9.90 Å². The fourth-order valence-corrected chi connectivity index (χ4v) is 2.08. The molecule has 1 aliphatic rings. The van der Waals surface area contributed by atoms with Gasteiger partial charge >= 0.3 is 6.03 Å². The molecule has 88 valence electrons. The third kappa shape index (κ3) is 3.70. The molecular formula is C11H22N2O2. The van der Waals surface area contributed by atoms with Crippen molar-refractivity contribution in [2.45, 2.75) is 51.7 Å². The molecule has 15 heavy (non-hydrogen) atoms. The number of likely N-dealkylation sites (tertiary alicyclic amines) is 1. The summed E-state index contributed by atoms with van der Waals surface area (Å²) >= 11 is 0. The zero-order valence-corrected chi connectivity index (χ0v) is 9.70. The van der Waals surface area contributed by atoms with E-state index < -0.39 is 0 Å². The first kappa shape index (κ1) is 12.3. The lowest BCUT2D eigenvalue weighted by Crippen LogP contribution is -2.43. The average molecular weight is 214 g/mol. The Kier molecular flexibility index (Phi) is 4.88. The van der Waals surface area contributed by atoms with E-state index in [1.165, 1.54) is 0 Å². The van der Waals surface area contributed by atoms with E-state index in [-0.39, 0.29) is 18.2 Å². The van der Waals surface area contributed by atoms with Crippen molar-refractivity contribution in [2.24, 2.45) is 0 Å². The second kappa shape index (κ2) is 5.95. The van der Waals surface area contributed by atoms with Gasteiger partial charge in [-0.2, -0.15) is 0 Å². The lowest BCUT2D eigenvalue weighted by Gasteiger charge is -2.25. The second-order valence-electron chi connectivity index (χ2n) is 4.31. The first-order valence-electron chi connectivity index (χ1n) is 5.87. The summed E-state index contributed by atoms with van der Waals surface area (Å²) in [7, 11) is 0. The molecule has 1 saturated heterocycles. The lowest BCUT2D eigenvalue weighted by atomic mass is 10.1. The first-order valence-corrected chi connectivity index (χ1v) is 5.87. The minimum atomic E-state index is -0.324. The van der Waals surface area contributed by atoms with E-state index in [9.17, 15) is 9.90 Å². The van der Waals surface area contributed by atoms with Gasteiger partial charge in [0, 0.05) is 19.1 Å². The highest BCUT2D eigenvalue weighted by Crippen LogP contribution is 2.21. The zero-order valence-electron chi connectivity index (χ0n) is 9.70. The summed E-state index contributed by atoms with van der Waals surface area (Å²) < 4.78 is 0. The maximum Gasteiger partial charge on any atom is 0.317 e. The Hall–Kier alpha value is -0.770. The van der Waals surface area contributed by atoms with Gasteiger partial charge in [-0.15, -0.1) is 0 Å². The molecule has 2 atom stereocenters. The third-order valence-electron chi connectivity index (χ3n) is 2.78. The van der Waals surface area contributed by atoms with Crippen molar-refractivity contribution in [3.8, 4) is 0 Å². The highest BCUT2D eigenvalue weighted by molar-refractivity contribution is 5.74. The number of carbonyl (C=O) groups is 1. The predicted molar refractivity (Wildman–Crippen MR) is 59.7 cm³/mol. The molecule has 2 unspecified atom stereocenters. The number of aliphatic hydroxyl groups is 1. The van der Waals surface area contributed by atoms with Gasteiger partial charge in [-0.05, 0) is 32.6 Å². The summed E-state index contributed by atoms with van der Waals surface area (Å²) in [5.74, 6) is 0. The van der Waals surface area contributed by atoms with Crippen molar-refractivity contribution in [1.29, 1.82) is 0 Å². The van der Waals surface area contributed by atoms with Gasteiger partial charge in [-0.25, -0.2) is 4.79 Å². The topological polar surface area (TPSA) is 52.6 Å². The maximum absolute atomic E-state index is 11.7. The monoisotopic (exact) mass is 214 g/mol. The van der Waals surface area contributed by atoms with Gasteiger partial charge in [0.15, 0.2) is 0 Å². The van der Waals surface area contributed by atoms with Crippen LogP contribution < -0.4 is 5.32 Å². The molecule has 0 aromatic heterocycles. The van der Waals surface area contributed by atoms with Crippen LogP contribution in [0.5, 0.6) is 0 Å². The molecule has 2 amide bonds. The fraction of sp³-hybridized carbons (Fsp3) is 0.909. The zero-order chi connectivity index (χ0) is 11.3. The number of aliphatic hydroxyl groups excluding tert-OH is 1. The molecule has 0 bridgehead atoms. The summed E-state index contributed by atoms with van der Waals surface area (Å²) in [4.78, 5) is 13.6. The second-order valence-corrected chi connectivity index (χ2v) is 4.31. The van der Waals surface area contributed by atoms with Crippen LogP contribution in [0.4, 0.5) is 4.79 Å². The number of nitrogens with one attached hydrogen (secondary N) is 1. The summed E-state index contributed by atoms with van der Waals surface area (Å²) in [6, 6.07) is 0.252. The maximum atomic E-state index is 11.7. The van der Waals surface area contributed by atoms with Gasteiger partial charge in [-0.1, -0.05) is 6.92 Å². The van der Waals surface area contributed by atoms with Crippen LogP contribution in [0.3, 0.4) is 0 Å². The SMILES string of the molecule is CCCNC(=O)N1CCCC1CC(C)O. The van der Waals surface area contributed by atoms with Crippen LogP contribution in [-0.2, 0) is 0 Å². The summed E-state index contributed by atoms with van der Waals surface area (Å²) in [6.07, 6.45) is 3.40. The van der Waals surface area contributed by atoms with Gasteiger partial charge in [0.2, 0.25) is 0 Å². The van der Waals surface area contributed by atoms with Gasteiger partial charge in [-0.3, -0.25) is 0 Å². The smallest absolute Gasteiger partial charge is 0.317 e. The molecule has 0 radical (unpaired) electrons. The van der Waals surface area contributed by atoms with Crippen LogP contribution in [-0.4, -0.2) is 41.3 Å². The molecule has 0 saturated carbocycles. The standard InChI is InChI=1S/C11H22N2O2/c1-3-6-12-11(15)13-7-4-5-10(13)8-9(2)14/h9-10,14H,3-8H2,1-2H3,(H,12,15). The van der Waals surface area contributed by atoms with Crippen LogP contribution in [0.25, 0.3) is 0 Å². The van der Waals surface area contributed by atoms with E-state index in [1.54, 1.807) is 6.92 Å². The van der Waals surface area contributed by atoms with Gasteiger partial charge in [0.05, 0.1) is 6.10 Å². The highest BCUT2D eigenvalue weighted by atomic mass is 16.3. The molecular weight excluding hydrogens is 192 g/mol. The number of carbonyl (C=O) groups excluding carboxylic acids is 1. The van der Waals surface area contributed by atoms with E-state index in [0.717, 1.165) is 32.4 Å². The minimum Gasteiger partial charge on any atom is -0.393 e. The molecule has 1 heterocycles. The third-order valence-corrected chi connectivity index (χ3v) is 2.78. The normalized spacial score (nSPS) is 22.9. The minimum absolute atomic E-state index is 0.0278. The largest absolute Gasteiger partial charge is 0.393 e. The van der Waals surface area contributed by atoms with E-state index in [4.69, 9.17) is 0 Å². The van der Waals surface area contributed by atoms with Crippen molar-refractivity contribution in [1.82, 2.24) is 10.2 Å². The number of urea groups is 1. The Morgan fingerprint density at radius 3 is 3.00 bits per heavy atom. The summed E-state index contributed by atoms with van der Waals surface area (Å²) in [5, 5.41) is 12.2. The van der Waals surface area contributed by atoms with Crippen LogP contribution in [0.1, 0.15) is 39.5 Å². The van der Waals surface area contributed by atoms with E-state index in [2.05, 4.69) is 5.32 Å². The van der Waals surface area contributed by atoms with Gasteiger partial charge in [0.25, 0.3) is 0 Å². The van der Waals surface area contributed by atoms with Crippen molar-refractivity contribution in [3.05, 3.63) is 0 Å². The van der Waals surface area contributed by atoms with E-state index in [0.29, 0.717) is 6.42 Å². The molecule has 0 aliphatic carbocycles.